The first-order valence-electron chi connectivity index (χ1n) is 5.67. The van der Waals surface area contributed by atoms with E-state index in [9.17, 15) is 4.79 Å². The Hall–Kier alpha value is -2.18. The Balaban J connectivity index is 2.16. The van der Waals surface area contributed by atoms with Crippen LogP contribution in [0, 0.1) is 6.92 Å². The number of furan rings is 1. The number of nitrogens with zero attached hydrogens (tertiary/aromatic N) is 4. The number of nitrogens with one attached hydrogen (secondary N) is 1. The lowest BCUT2D eigenvalue weighted by Gasteiger charge is -2.24. The van der Waals surface area contributed by atoms with Gasteiger partial charge in [0.1, 0.15) is 11.5 Å². The van der Waals surface area contributed by atoms with Crippen LogP contribution in [-0.2, 0) is 6.54 Å². The maximum Gasteiger partial charge on any atom is 0.296 e. The maximum atomic E-state index is 12.2. The zero-order chi connectivity index (χ0) is 13.1. The van der Waals surface area contributed by atoms with Crippen molar-refractivity contribution in [3.8, 4) is 0 Å². The van der Waals surface area contributed by atoms with Gasteiger partial charge < -0.3 is 9.32 Å². The minimum atomic E-state index is -0.271. The second-order valence-electron chi connectivity index (χ2n) is 4.27. The van der Waals surface area contributed by atoms with E-state index in [-0.39, 0.29) is 17.8 Å². The lowest BCUT2D eigenvalue weighted by Crippen LogP contribution is -2.37. The highest BCUT2D eigenvalue weighted by molar-refractivity contribution is 5.90. The quantitative estimate of drug-likeness (QED) is 0.878. The molecule has 0 radical (unpaired) electrons. The maximum absolute atomic E-state index is 12.2. The van der Waals surface area contributed by atoms with E-state index in [2.05, 4.69) is 20.6 Å². The Morgan fingerprint density at radius 2 is 2.28 bits per heavy atom. The van der Waals surface area contributed by atoms with Gasteiger partial charge in [0.2, 0.25) is 0 Å². The summed E-state index contributed by atoms with van der Waals surface area (Å²) in [6, 6.07) is 3.74. The third-order valence-corrected chi connectivity index (χ3v) is 2.54. The van der Waals surface area contributed by atoms with E-state index < -0.39 is 0 Å². The normalized spacial score (nSPS) is 10.9. The van der Waals surface area contributed by atoms with Crippen LogP contribution in [0.1, 0.15) is 36.0 Å². The molecule has 2 rings (SSSR count). The summed E-state index contributed by atoms with van der Waals surface area (Å²) >= 11 is 0. The molecule has 0 atom stereocenters. The number of rotatable bonds is 4. The van der Waals surface area contributed by atoms with Gasteiger partial charge >= 0.3 is 0 Å². The first-order chi connectivity index (χ1) is 8.58. The second kappa shape index (κ2) is 4.99. The molecule has 1 N–H and O–H groups in total. The molecule has 7 nitrogen and oxygen atoms in total. The SMILES string of the molecule is Cc1ccc(CN(C(=O)c2nn[nH]n2)C(C)C)o1. The van der Waals surface area contributed by atoms with Crippen LogP contribution < -0.4 is 0 Å². The molecule has 0 saturated carbocycles. The summed E-state index contributed by atoms with van der Waals surface area (Å²) < 4.78 is 5.47. The molecule has 7 heteroatoms. The van der Waals surface area contributed by atoms with Gasteiger partial charge in [-0.05, 0) is 38.1 Å². The second-order valence-corrected chi connectivity index (χ2v) is 4.27. The summed E-state index contributed by atoms with van der Waals surface area (Å²) in [5, 5.41) is 13.1. The summed E-state index contributed by atoms with van der Waals surface area (Å²) in [4.78, 5) is 13.8. The van der Waals surface area contributed by atoms with Gasteiger partial charge in [0, 0.05) is 6.04 Å². The van der Waals surface area contributed by atoms with Gasteiger partial charge in [-0.15, -0.1) is 10.2 Å². The molecule has 0 saturated heterocycles. The van der Waals surface area contributed by atoms with Gasteiger partial charge in [-0.2, -0.15) is 5.21 Å². The average molecular weight is 249 g/mol. The number of carbonyl (C=O) groups is 1. The zero-order valence-corrected chi connectivity index (χ0v) is 10.5. The van der Waals surface area contributed by atoms with Crippen LogP contribution >= 0.6 is 0 Å². The summed E-state index contributed by atoms with van der Waals surface area (Å²) in [5.74, 6) is 1.35. The highest BCUT2D eigenvalue weighted by Gasteiger charge is 2.23. The summed E-state index contributed by atoms with van der Waals surface area (Å²) in [7, 11) is 0. The first-order valence-corrected chi connectivity index (χ1v) is 5.67. The number of aromatic nitrogens is 4. The number of H-pyrrole nitrogens is 1. The number of carbonyl (C=O) groups excluding carboxylic acids is 1. The molecular formula is C11H15N5O2. The predicted molar refractivity (Wildman–Crippen MR) is 62.6 cm³/mol. The lowest BCUT2D eigenvalue weighted by molar-refractivity contribution is 0.0662. The van der Waals surface area contributed by atoms with E-state index in [1.54, 1.807) is 4.90 Å². The van der Waals surface area contributed by atoms with Crippen LogP contribution in [0.5, 0.6) is 0 Å². The van der Waals surface area contributed by atoms with Gasteiger partial charge in [0.15, 0.2) is 0 Å². The largest absolute Gasteiger partial charge is 0.464 e. The molecule has 2 aromatic heterocycles. The van der Waals surface area contributed by atoms with Crippen molar-refractivity contribution in [2.45, 2.75) is 33.4 Å². The van der Waals surface area contributed by atoms with Crippen LogP contribution in [0.4, 0.5) is 0 Å². The smallest absolute Gasteiger partial charge is 0.296 e. The molecule has 0 aliphatic heterocycles. The Morgan fingerprint density at radius 1 is 1.50 bits per heavy atom. The van der Waals surface area contributed by atoms with Crippen molar-refractivity contribution in [3.63, 3.8) is 0 Å². The fraction of sp³-hybridized carbons (Fsp3) is 0.455. The van der Waals surface area contributed by atoms with Gasteiger partial charge in [-0.1, -0.05) is 0 Å². The molecule has 0 aliphatic rings. The van der Waals surface area contributed by atoms with Gasteiger partial charge in [-0.3, -0.25) is 4.79 Å². The monoisotopic (exact) mass is 249 g/mol. The van der Waals surface area contributed by atoms with E-state index in [1.165, 1.54) is 0 Å². The molecular weight excluding hydrogens is 234 g/mol. The number of hydrogen-bond donors (Lipinski definition) is 1. The third-order valence-electron chi connectivity index (χ3n) is 2.54. The van der Waals surface area contributed by atoms with Crippen molar-refractivity contribution in [3.05, 3.63) is 29.5 Å². The molecule has 1 amide bonds. The molecule has 2 heterocycles. The van der Waals surface area contributed by atoms with E-state index in [4.69, 9.17) is 4.42 Å². The molecule has 18 heavy (non-hydrogen) atoms. The number of tetrazole rings is 1. The van der Waals surface area contributed by atoms with Gasteiger partial charge in [-0.25, -0.2) is 0 Å². The minimum Gasteiger partial charge on any atom is -0.464 e. The standard InChI is InChI=1S/C11H15N5O2/c1-7(2)16(6-9-5-4-8(3)18-9)11(17)10-12-14-15-13-10/h4-5,7H,6H2,1-3H3,(H,12,13,14,15). The van der Waals surface area contributed by atoms with Crippen LogP contribution in [0.15, 0.2) is 16.5 Å². The Bertz CT molecular complexity index is 517. The Kier molecular flexibility index (Phi) is 3.40. The van der Waals surface area contributed by atoms with Crippen molar-refractivity contribution in [1.29, 1.82) is 0 Å². The lowest BCUT2D eigenvalue weighted by atomic mass is 10.2. The van der Waals surface area contributed by atoms with Crippen LogP contribution in [0.3, 0.4) is 0 Å². The zero-order valence-electron chi connectivity index (χ0n) is 10.5. The first kappa shape index (κ1) is 12.3. The Morgan fingerprint density at radius 3 is 2.78 bits per heavy atom. The molecule has 0 aliphatic carbocycles. The molecule has 0 aromatic carbocycles. The summed E-state index contributed by atoms with van der Waals surface area (Å²) in [5.41, 5.74) is 0. The number of aryl methyl sites for hydroxylation is 1. The van der Waals surface area contributed by atoms with Crippen molar-refractivity contribution < 1.29 is 9.21 Å². The molecule has 96 valence electrons. The molecule has 0 fully saturated rings. The molecule has 0 unspecified atom stereocenters. The van der Waals surface area contributed by atoms with E-state index in [0.29, 0.717) is 6.54 Å². The fourth-order valence-corrected chi connectivity index (χ4v) is 1.61. The average Bonchev–Trinajstić information content (AvgIpc) is 2.95. The van der Waals surface area contributed by atoms with Gasteiger partial charge in [0.05, 0.1) is 6.54 Å². The van der Waals surface area contributed by atoms with Crippen molar-refractivity contribution in [2.75, 3.05) is 0 Å². The minimum absolute atomic E-state index is 0.0152. The molecule has 2 aromatic rings. The Labute approximate surface area is 104 Å². The van der Waals surface area contributed by atoms with Crippen molar-refractivity contribution in [2.24, 2.45) is 0 Å². The highest BCUT2D eigenvalue weighted by Crippen LogP contribution is 2.13. The number of amides is 1. The topological polar surface area (TPSA) is 87.9 Å². The van der Waals surface area contributed by atoms with Crippen LogP contribution in [0.25, 0.3) is 0 Å². The summed E-state index contributed by atoms with van der Waals surface area (Å²) in [6.07, 6.45) is 0. The van der Waals surface area contributed by atoms with Crippen molar-refractivity contribution in [1.82, 2.24) is 25.5 Å². The number of hydrogen-bond acceptors (Lipinski definition) is 5. The predicted octanol–water partition coefficient (Wildman–Crippen LogP) is 1.15. The fourth-order valence-electron chi connectivity index (χ4n) is 1.61. The number of aromatic amines is 1. The summed E-state index contributed by atoms with van der Waals surface area (Å²) in [6.45, 7) is 6.10. The van der Waals surface area contributed by atoms with E-state index >= 15 is 0 Å². The van der Waals surface area contributed by atoms with Gasteiger partial charge in [0.25, 0.3) is 11.7 Å². The molecule has 0 bridgehead atoms. The molecule has 0 spiro atoms. The third kappa shape index (κ3) is 2.55. The van der Waals surface area contributed by atoms with E-state index in [1.807, 2.05) is 32.9 Å². The van der Waals surface area contributed by atoms with Crippen LogP contribution in [0.2, 0.25) is 0 Å². The highest BCUT2D eigenvalue weighted by atomic mass is 16.3. The van der Waals surface area contributed by atoms with Crippen molar-refractivity contribution >= 4 is 5.91 Å². The van der Waals surface area contributed by atoms with Crippen LogP contribution in [-0.4, -0.2) is 37.5 Å². The van der Waals surface area contributed by atoms with E-state index in [0.717, 1.165) is 11.5 Å².